The van der Waals surface area contributed by atoms with Crippen LogP contribution in [0.3, 0.4) is 0 Å². The summed E-state index contributed by atoms with van der Waals surface area (Å²) in [6, 6.07) is 5.58. The van der Waals surface area contributed by atoms with E-state index in [1.807, 2.05) is 6.92 Å². The van der Waals surface area contributed by atoms with Gasteiger partial charge in [-0.15, -0.1) is 6.42 Å². The Balaban J connectivity index is 2.57. The van der Waals surface area contributed by atoms with E-state index in [-0.39, 0.29) is 32.0 Å². The molecule has 0 fully saturated rings. The maximum absolute atomic E-state index is 12.0. The summed E-state index contributed by atoms with van der Waals surface area (Å²) in [4.78, 5) is 34.6. The van der Waals surface area contributed by atoms with Crippen molar-refractivity contribution in [1.29, 1.82) is 0 Å². The average Bonchev–Trinajstić information content (AvgIpc) is 2.57. The van der Waals surface area contributed by atoms with Gasteiger partial charge < -0.3 is 9.47 Å². The number of nitro groups is 1. The van der Waals surface area contributed by atoms with Crippen LogP contribution in [0.2, 0.25) is 0 Å². The third-order valence-electron chi connectivity index (χ3n) is 2.84. The largest absolute Gasteiger partial charge is 0.464 e. The van der Waals surface area contributed by atoms with Crippen molar-refractivity contribution in [1.82, 2.24) is 4.90 Å². The summed E-state index contributed by atoms with van der Waals surface area (Å²) in [6.07, 6.45) is 5.09. The lowest BCUT2D eigenvalue weighted by Crippen LogP contribution is -2.37. The van der Waals surface area contributed by atoms with E-state index in [1.54, 1.807) is 0 Å². The monoisotopic (exact) mass is 334 g/mol. The van der Waals surface area contributed by atoms with Gasteiger partial charge in [-0.1, -0.05) is 12.8 Å². The first-order valence-corrected chi connectivity index (χ1v) is 7.22. The molecule has 0 aliphatic carbocycles. The van der Waals surface area contributed by atoms with E-state index in [0.717, 1.165) is 4.90 Å². The zero-order valence-corrected chi connectivity index (χ0v) is 13.3. The molecule has 0 aromatic heterocycles. The fraction of sp³-hybridized carbons (Fsp3) is 0.375. The predicted octanol–water partition coefficient (Wildman–Crippen LogP) is 2.12. The van der Waals surface area contributed by atoms with Crippen LogP contribution in [0.25, 0.3) is 0 Å². The van der Waals surface area contributed by atoms with Crippen LogP contribution < -0.4 is 0 Å². The maximum atomic E-state index is 12.0. The minimum absolute atomic E-state index is 0.0577. The second kappa shape index (κ2) is 9.84. The van der Waals surface area contributed by atoms with E-state index in [1.165, 1.54) is 24.3 Å². The van der Waals surface area contributed by atoms with E-state index in [9.17, 15) is 19.7 Å². The molecule has 0 atom stereocenters. The van der Waals surface area contributed by atoms with E-state index in [0.29, 0.717) is 12.0 Å². The van der Waals surface area contributed by atoms with Gasteiger partial charge in [0, 0.05) is 12.1 Å². The van der Waals surface area contributed by atoms with Crippen LogP contribution in [0.1, 0.15) is 18.9 Å². The molecular formula is C16H18N2O6. The van der Waals surface area contributed by atoms with Gasteiger partial charge in [0.2, 0.25) is 0 Å². The Kier molecular flexibility index (Phi) is 7.78. The molecule has 0 spiro atoms. The first-order valence-electron chi connectivity index (χ1n) is 7.22. The van der Waals surface area contributed by atoms with Gasteiger partial charge >= 0.3 is 12.1 Å². The highest BCUT2D eigenvalue weighted by molar-refractivity contribution is 5.78. The van der Waals surface area contributed by atoms with E-state index in [2.05, 4.69) is 5.92 Å². The molecule has 0 bridgehead atoms. The number of carbonyl (C=O) groups is 2. The molecule has 1 amide bonds. The molecule has 0 saturated carbocycles. The Labute approximate surface area is 139 Å². The van der Waals surface area contributed by atoms with Crippen LogP contribution in [-0.2, 0) is 20.9 Å². The van der Waals surface area contributed by atoms with Gasteiger partial charge in [-0.05, 0) is 24.1 Å². The van der Waals surface area contributed by atoms with Crippen molar-refractivity contribution in [3.8, 4) is 12.3 Å². The first-order chi connectivity index (χ1) is 11.5. The molecule has 0 aliphatic heterocycles. The minimum atomic E-state index is -0.764. The number of ether oxygens (including phenoxy) is 2. The summed E-state index contributed by atoms with van der Waals surface area (Å²) in [6.45, 7) is 1.62. The summed E-state index contributed by atoms with van der Waals surface area (Å²) >= 11 is 0. The number of nitro benzene ring substituents is 1. The third kappa shape index (κ3) is 6.36. The Hall–Kier alpha value is -3.08. The Morgan fingerprint density at radius 2 is 1.96 bits per heavy atom. The number of hydrogen-bond acceptors (Lipinski definition) is 6. The molecule has 0 heterocycles. The van der Waals surface area contributed by atoms with Crippen molar-refractivity contribution in [3.63, 3.8) is 0 Å². The van der Waals surface area contributed by atoms with E-state index >= 15 is 0 Å². The Morgan fingerprint density at radius 3 is 2.50 bits per heavy atom. The molecule has 0 aliphatic rings. The van der Waals surface area contributed by atoms with Crippen molar-refractivity contribution in [2.45, 2.75) is 20.0 Å². The predicted molar refractivity (Wildman–Crippen MR) is 84.9 cm³/mol. The summed E-state index contributed by atoms with van der Waals surface area (Å²) < 4.78 is 9.96. The Morgan fingerprint density at radius 1 is 1.29 bits per heavy atom. The van der Waals surface area contributed by atoms with Gasteiger partial charge in [0.1, 0.15) is 13.2 Å². The molecule has 0 saturated heterocycles. The number of terminal acetylenes is 1. The number of esters is 1. The first kappa shape index (κ1) is 19.0. The standard InChI is InChI=1S/C16H18N2O6/c1-3-9-17(11-15(19)23-10-4-2)16(20)24-12-13-5-7-14(8-6-13)18(21)22/h1,5-8H,4,9-12H2,2H3. The summed E-state index contributed by atoms with van der Waals surface area (Å²) in [5.41, 5.74) is 0.515. The summed E-state index contributed by atoms with van der Waals surface area (Å²) in [5, 5.41) is 10.6. The molecular weight excluding hydrogens is 316 g/mol. The van der Waals surface area contributed by atoms with Crippen LogP contribution in [0.15, 0.2) is 24.3 Å². The second-order valence-electron chi connectivity index (χ2n) is 4.76. The lowest BCUT2D eigenvalue weighted by molar-refractivity contribution is -0.384. The Bertz CT molecular complexity index is 620. The summed E-state index contributed by atoms with van der Waals surface area (Å²) in [5.74, 6) is 1.70. The number of hydrogen-bond donors (Lipinski definition) is 0. The van der Waals surface area contributed by atoms with E-state index in [4.69, 9.17) is 15.9 Å². The van der Waals surface area contributed by atoms with Gasteiger partial charge in [-0.2, -0.15) is 0 Å². The number of carbonyl (C=O) groups excluding carboxylic acids is 2. The van der Waals surface area contributed by atoms with Gasteiger partial charge in [-0.3, -0.25) is 19.8 Å². The molecule has 0 N–H and O–H groups in total. The van der Waals surface area contributed by atoms with Crippen LogP contribution >= 0.6 is 0 Å². The van der Waals surface area contributed by atoms with Crippen molar-refractivity contribution in [3.05, 3.63) is 39.9 Å². The zero-order valence-electron chi connectivity index (χ0n) is 13.3. The molecule has 8 nitrogen and oxygen atoms in total. The van der Waals surface area contributed by atoms with Crippen LogP contribution in [0, 0.1) is 22.5 Å². The number of nitrogens with zero attached hydrogens (tertiary/aromatic N) is 2. The molecule has 8 heteroatoms. The molecule has 24 heavy (non-hydrogen) atoms. The molecule has 0 unspecified atom stereocenters. The molecule has 0 radical (unpaired) electrons. The van der Waals surface area contributed by atoms with Gasteiger partial charge in [-0.25, -0.2) is 4.79 Å². The lowest BCUT2D eigenvalue weighted by atomic mass is 10.2. The highest BCUT2D eigenvalue weighted by Gasteiger charge is 2.18. The molecule has 1 aromatic carbocycles. The molecule has 128 valence electrons. The normalized spacial score (nSPS) is 9.67. The lowest BCUT2D eigenvalue weighted by Gasteiger charge is -2.18. The topological polar surface area (TPSA) is 99.0 Å². The van der Waals surface area contributed by atoms with Crippen molar-refractivity contribution in [2.24, 2.45) is 0 Å². The van der Waals surface area contributed by atoms with Crippen LogP contribution in [-0.4, -0.2) is 41.6 Å². The van der Waals surface area contributed by atoms with Gasteiger partial charge in [0.25, 0.3) is 5.69 Å². The minimum Gasteiger partial charge on any atom is -0.464 e. The SMILES string of the molecule is C#CCN(CC(=O)OCCC)C(=O)OCc1ccc([N+](=O)[O-])cc1. The van der Waals surface area contributed by atoms with Crippen LogP contribution in [0.5, 0.6) is 0 Å². The fourth-order valence-corrected chi connectivity index (χ4v) is 1.66. The quantitative estimate of drug-likeness (QED) is 0.312. The highest BCUT2D eigenvalue weighted by atomic mass is 16.6. The van der Waals surface area contributed by atoms with Gasteiger partial charge in [0.05, 0.1) is 18.1 Å². The third-order valence-corrected chi connectivity index (χ3v) is 2.84. The number of rotatable bonds is 8. The number of amides is 1. The summed E-state index contributed by atoms with van der Waals surface area (Å²) in [7, 11) is 0. The average molecular weight is 334 g/mol. The molecule has 1 aromatic rings. The molecule has 1 rings (SSSR count). The van der Waals surface area contributed by atoms with Crippen molar-refractivity contribution in [2.75, 3.05) is 19.7 Å². The highest BCUT2D eigenvalue weighted by Crippen LogP contribution is 2.13. The van der Waals surface area contributed by atoms with Crippen molar-refractivity contribution >= 4 is 17.7 Å². The second-order valence-corrected chi connectivity index (χ2v) is 4.76. The van der Waals surface area contributed by atoms with Gasteiger partial charge in [0.15, 0.2) is 0 Å². The smallest absolute Gasteiger partial charge is 0.411 e. The van der Waals surface area contributed by atoms with Crippen LogP contribution in [0.4, 0.5) is 10.5 Å². The number of non-ortho nitro benzene ring substituents is 1. The maximum Gasteiger partial charge on any atom is 0.411 e. The van der Waals surface area contributed by atoms with E-state index < -0.39 is 17.0 Å². The fourth-order valence-electron chi connectivity index (χ4n) is 1.66. The zero-order chi connectivity index (χ0) is 17.9. The van der Waals surface area contributed by atoms with Crippen molar-refractivity contribution < 1.29 is 24.0 Å². The number of benzene rings is 1.